The fourth-order valence-electron chi connectivity index (χ4n) is 2.80. The van der Waals surface area contributed by atoms with Gasteiger partial charge in [-0.1, -0.05) is 37.6 Å². The molecule has 2 aromatic heterocycles. The van der Waals surface area contributed by atoms with E-state index in [4.69, 9.17) is 21.3 Å². The van der Waals surface area contributed by atoms with E-state index in [0.717, 1.165) is 16.8 Å². The average Bonchev–Trinajstić information content (AvgIpc) is 3.02. The molecule has 1 aromatic carbocycles. The summed E-state index contributed by atoms with van der Waals surface area (Å²) in [5.41, 5.74) is 3.57. The van der Waals surface area contributed by atoms with Crippen LogP contribution in [0.25, 0.3) is 22.3 Å². The summed E-state index contributed by atoms with van der Waals surface area (Å²) in [6.45, 7) is 6.17. The second kappa shape index (κ2) is 6.61. The van der Waals surface area contributed by atoms with Crippen LogP contribution < -0.4 is 0 Å². The molecule has 124 valence electrons. The maximum atomic E-state index is 12.6. The lowest BCUT2D eigenvalue weighted by molar-refractivity contribution is 0.0527. The molecule has 0 aliphatic heterocycles. The minimum absolute atomic E-state index is 0.0851. The first-order valence-electron chi connectivity index (χ1n) is 7.83. The number of hydrogen-bond acceptors (Lipinski definition) is 4. The van der Waals surface area contributed by atoms with Crippen molar-refractivity contribution in [1.29, 1.82) is 0 Å². The molecule has 0 fully saturated rings. The van der Waals surface area contributed by atoms with Gasteiger partial charge in [-0.15, -0.1) is 0 Å². The highest BCUT2D eigenvalue weighted by Crippen LogP contribution is 2.35. The smallest absolute Gasteiger partial charge is 0.339 e. The zero-order chi connectivity index (χ0) is 17.3. The summed E-state index contributed by atoms with van der Waals surface area (Å²) in [5.74, 6) is -0.271. The SMILES string of the molecule is CCOC(=O)c1c(C(C)C)c(-c2ccc(Cl)cc2)nc2[nH]ncc12. The van der Waals surface area contributed by atoms with Crippen LogP contribution in [0.5, 0.6) is 0 Å². The van der Waals surface area contributed by atoms with E-state index in [1.54, 1.807) is 13.1 Å². The van der Waals surface area contributed by atoms with Crippen LogP contribution in [0.1, 0.15) is 42.6 Å². The molecule has 3 rings (SSSR count). The number of nitrogens with one attached hydrogen (secondary N) is 1. The minimum atomic E-state index is -0.356. The molecular formula is C18H18ClN3O2. The Morgan fingerprint density at radius 2 is 2.00 bits per heavy atom. The quantitative estimate of drug-likeness (QED) is 0.704. The van der Waals surface area contributed by atoms with Crippen molar-refractivity contribution >= 4 is 28.6 Å². The van der Waals surface area contributed by atoms with Crippen LogP contribution in [0.3, 0.4) is 0 Å². The zero-order valence-electron chi connectivity index (χ0n) is 13.8. The Labute approximate surface area is 145 Å². The van der Waals surface area contributed by atoms with Crippen molar-refractivity contribution in [1.82, 2.24) is 15.2 Å². The van der Waals surface area contributed by atoms with Crippen molar-refractivity contribution in [3.05, 3.63) is 46.6 Å². The van der Waals surface area contributed by atoms with E-state index in [2.05, 4.69) is 10.2 Å². The number of aromatic nitrogens is 3. The van der Waals surface area contributed by atoms with Crippen LogP contribution in [0.4, 0.5) is 0 Å². The first-order chi connectivity index (χ1) is 11.5. The third-order valence-electron chi connectivity index (χ3n) is 3.81. The Morgan fingerprint density at radius 1 is 1.29 bits per heavy atom. The lowest BCUT2D eigenvalue weighted by Crippen LogP contribution is -2.12. The predicted molar refractivity (Wildman–Crippen MR) is 94.4 cm³/mol. The van der Waals surface area contributed by atoms with Gasteiger partial charge in [0.25, 0.3) is 0 Å². The van der Waals surface area contributed by atoms with Gasteiger partial charge in [0.05, 0.1) is 29.4 Å². The molecule has 0 spiro atoms. The fraction of sp³-hybridized carbons (Fsp3) is 0.278. The third-order valence-corrected chi connectivity index (χ3v) is 4.06. The maximum absolute atomic E-state index is 12.6. The number of carbonyl (C=O) groups excluding carboxylic acids is 1. The van der Waals surface area contributed by atoms with E-state index < -0.39 is 0 Å². The van der Waals surface area contributed by atoms with Crippen LogP contribution in [0.2, 0.25) is 5.02 Å². The van der Waals surface area contributed by atoms with Crippen molar-refractivity contribution in [3.63, 3.8) is 0 Å². The Balaban J connectivity index is 2.34. The first kappa shape index (κ1) is 16.5. The van der Waals surface area contributed by atoms with Gasteiger partial charge >= 0.3 is 5.97 Å². The number of halogens is 1. The molecule has 0 unspecified atom stereocenters. The van der Waals surface area contributed by atoms with Crippen molar-refractivity contribution < 1.29 is 9.53 Å². The Morgan fingerprint density at radius 3 is 2.62 bits per heavy atom. The summed E-state index contributed by atoms with van der Waals surface area (Å²) in [5, 5.41) is 8.21. The highest BCUT2D eigenvalue weighted by Gasteiger charge is 2.25. The number of rotatable bonds is 4. The van der Waals surface area contributed by atoms with Gasteiger partial charge in [-0.3, -0.25) is 5.10 Å². The Kier molecular flexibility index (Phi) is 4.53. The summed E-state index contributed by atoms with van der Waals surface area (Å²) in [4.78, 5) is 17.3. The molecule has 0 saturated carbocycles. The van der Waals surface area contributed by atoms with Crippen molar-refractivity contribution in [2.75, 3.05) is 6.61 Å². The fourth-order valence-corrected chi connectivity index (χ4v) is 2.92. The van der Waals surface area contributed by atoms with Gasteiger partial charge < -0.3 is 4.74 Å². The van der Waals surface area contributed by atoms with Crippen LogP contribution in [0, 0.1) is 0 Å². The summed E-state index contributed by atoms with van der Waals surface area (Å²) >= 11 is 5.99. The van der Waals surface area contributed by atoms with Gasteiger partial charge in [-0.05, 0) is 30.5 Å². The number of hydrogen-bond donors (Lipinski definition) is 1. The standard InChI is InChI=1S/C18H18ClN3O2/c1-4-24-18(23)15-13-9-20-22-17(13)21-16(14(15)10(2)3)11-5-7-12(19)8-6-11/h5-10H,4H2,1-3H3,(H,20,21,22). The van der Waals surface area contributed by atoms with E-state index in [9.17, 15) is 4.79 Å². The van der Waals surface area contributed by atoms with Gasteiger partial charge in [-0.2, -0.15) is 5.10 Å². The van der Waals surface area contributed by atoms with Gasteiger partial charge in [0.1, 0.15) is 0 Å². The van der Waals surface area contributed by atoms with E-state index in [1.807, 2.05) is 38.1 Å². The monoisotopic (exact) mass is 343 g/mol. The van der Waals surface area contributed by atoms with Crippen molar-refractivity contribution in [3.8, 4) is 11.3 Å². The molecule has 5 nitrogen and oxygen atoms in total. The second-order valence-electron chi connectivity index (χ2n) is 5.76. The normalized spacial score (nSPS) is 11.2. The number of H-pyrrole nitrogens is 1. The maximum Gasteiger partial charge on any atom is 0.339 e. The van der Waals surface area contributed by atoms with E-state index in [-0.39, 0.29) is 11.9 Å². The number of nitrogens with zero attached hydrogens (tertiary/aromatic N) is 2. The molecule has 2 heterocycles. The van der Waals surface area contributed by atoms with Crippen LogP contribution in [0.15, 0.2) is 30.5 Å². The average molecular weight is 344 g/mol. The number of esters is 1. The Bertz CT molecular complexity index is 885. The molecule has 0 aliphatic rings. The predicted octanol–water partition coefficient (Wildman–Crippen LogP) is 4.58. The highest BCUT2D eigenvalue weighted by molar-refractivity contribution is 6.30. The summed E-state index contributed by atoms with van der Waals surface area (Å²) in [6.07, 6.45) is 1.62. The summed E-state index contributed by atoms with van der Waals surface area (Å²) < 4.78 is 5.28. The summed E-state index contributed by atoms with van der Waals surface area (Å²) in [7, 11) is 0. The first-order valence-corrected chi connectivity index (χ1v) is 8.20. The lowest BCUT2D eigenvalue weighted by Gasteiger charge is -2.17. The minimum Gasteiger partial charge on any atom is -0.462 e. The number of pyridine rings is 1. The van der Waals surface area contributed by atoms with Crippen LogP contribution in [-0.2, 0) is 4.74 Å². The molecule has 24 heavy (non-hydrogen) atoms. The van der Waals surface area contributed by atoms with Crippen LogP contribution in [-0.4, -0.2) is 27.8 Å². The van der Waals surface area contributed by atoms with Crippen molar-refractivity contribution in [2.45, 2.75) is 26.7 Å². The molecule has 0 radical (unpaired) electrons. The number of carbonyl (C=O) groups is 1. The summed E-state index contributed by atoms with van der Waals surface area (Å²) in [6, 6.07) is 7.41. The molecule has 0 saturated heterocycles. The van der Waals surface area contributed by atoms with Gasteiger partial charge in [0, 0.05) is 10.6 Å². The zero-order valence-corrected chi connectivity index (χ0v) is 14.5. The van der Waals surface area contributed by atoms with Gasteiger partial charge in [-0.25, -0.2) is 9.78 Å². The molecule has 0 bridgehead atoms. The molecular weight excluding hydrogens is 326 g/mol. The van der Waals surface area contributed by atoms with Gasteiger partial charge in [0.2, 0.25) is 0 Å². The molecule has 0 atom stereocenters. The van der Waals surface area contributed by atoms with Gasteiger partial charge in [0.15, 0.2) is 5.65 Å². The van der Waals surface area contributed by atoms with E-state index in [0.29, 0.717) is 28.2 Å². The number of aromatic amines is 1. The number of ether oxygens (including phenoxy) is 1. The largest absolute Gasteiger partial charge is 0.462 e. The molecule has 1 N–H and O–H groups in total. The highest BCUT2D eigenvalue weighted by atomic mass is 35.5. The topological polar surface area (TPSA) is 67.9 Å². The Hall–Kier alpha value is -2.40. The molecule has 3 aromatic rings. The lowest BCUT2D eigenvalue weighted by atomic mass is 9.91. The molecule has 0 amide bonds. The van der Waals surface area contributed by atoms with Crippen LogP contribution >= 0.6 is 11.6 Å². The number of benzene rings is 1. The number of fused-ring (bicyclic) bond motifs is 1. The second-order valence-corrected chi connectivity index (χ2v) is 6.20. The van der Waals surface area contributed by atoms with Crippen molar-refractivity contribution in [2.24, 2.45) is 0 Å². The van der Waals surface area contributed by atoms with E-state index in [1.165, 1.54) is 0 Å². The third kappa shape index (κ3) is 2.87. The van der Waals surface area contributed by atoms with E-state index >= 15 is 0 Å². The molecule has 0 aliphatic carbocycles. The molecule has 6 heteroatoms.